The van der Waals surface area contributed by atoms with Crippen LogP contribution in [0.4, 0.5) is 10.1 Å². The fourth-order valence-electron chi connectivity index (χ4n) is 2.41. The summed E-state index contributed by atoms with van der Waals surface area (Å²) in [6.07, 6.45) is 3.34. The molecule has 1 aliphatic rings. The Morgan fingerprint density at radius 2 is 2.15 bits per heavy atom. The lowest BCUT2D eigenvalue weighted by atomic mass is 10.2. The van der Waals surface area contributed by atoms with E-state index in [4.69, 9.17) is 0 Å². The summed E-state index contributed by atoms with van der Waals surface area (Å²) in [5.74, 6) is -0.443. The SMILES string of the molecule is Cc1cc(F)c(Br)cc1NC(=O)c1cc2c(s1)CCC2. The van der Waals surface area contributed by atoms with Gasteiger partial charge in [-0.2, -0.15) is 0 Å². The summed E-state index contributed by atoms with van der Waals surface area (Å²) in [6.45, 7) is 1.78. The van der Waals surface area contributed by atoms with Gasteiger partial charge < -0.3 is 5.32 Å². The molecule has 1 heterocycles. The maximum atomic E-state index is 13.4. The summed E-state index contributed by atoms with van der Waals surface area (Å²) >= 11 is 4.70. The van der Waals surface area contributed by atoms with Gasteiger partial charge in [0.05, 0.1) is 9.35 Å². The Morgan fingerprint density at radius 1 is 1.35 bits per heavy atom. The number of nitrogens with one attached hydrogen (secondary N) is 1. The standard InChI is InChI=1S/C15H13BrFNOS/c1-8-5-11(17)10(16)7-12(8)18-15(19)14-6-9-3-2-4-13(9)20-14/h5-7H,2-4H2,1H3,(H,18,19). The number of rotatable bonds is 2. The first kappa shape index (κ1) is 13.8. The van der Waals surface area contributed by atoms with Gasteiger partial charge >= 0.3 is 0 Å². The first-order valence-corrected chi connectivity index (χ1v) is 8.04. The quantitative estimate of drug-likeness (QED) is 0.832. The Kier molecular flexibility index (Phi) is 3.65. The van der Waals surface area contributed by atoms with Crippen LogP contribution in [0.5, 0.6) is 0 Å². The highest BCUT2D eigenvalue weighted by molar-refractivity contribution is 9.10. The fourth-order valence-corrected chi connectivity index (χ4v) is 3.90. The van der Waals surface area contributed by atoms with Gasteiger partial charge in [-0.3, -0.25) is 4.79 Å². The molecule has 0 unspecified atom stereocenters. The van der Waals surface area contributed by atoms with Crippen molar-refractivity contribution >= 4 is 38.9 Å². The molecule has 1 aliphatic carbocycles. The Balaban J connectivity index is 1.83. The summed E-state index contributed by atoms with van der Waals surface area (Å²) in [7, 11) is 0. The third kappa shape index (κ3) is 2.52. The van der Waals surface area contributed by atoms with Gasteiger partial charge in [-0.1, -0.05) is 0 Å². The van der Waals surface area contributed by atoms with Crippen molar-refractivity contribution in [3.8, 4) is 0 Å². The van der Waals surface area contributed by atoms with Crippen molar-refractivity contribution in [1.29, 1.82) is 0 Å². The Labute approximate surface area is 129 Å². The lowest BCUT2D eigenvalue weighted by Crippen LogP contribution is -2.11. The van der Waals surface area contributed by atoms with Gasteiger partial charge in [-0.05, 0) is 71.4 Å². The van der Waals surface area contributed by atoms with E-state index in [1.54, 1.807) is 24.3 Å². The van der Waals surface area contributed by atoms with E-state index in [2.05, 4.69) is 21.2 Å². The molecule has 0 aliphatic heterocycles. The third-order valence-electron chi connectivity index (χ3n) is 3.49. The van der Waals surface area contributed by atoms with Gasteiger partial charge in [-0.25, -0.2) is 4.39 Å². The van der Waals surface area contributed by atoms with Crippen LogP contribution in [-0.2, 0) is 12.8 Å². The molecule has 0 radical (unpaired) electrons. The number of amides is 1. The summed E-state index contributed by atoms with van der Waals surface area (Å²) in [5.41, 5.74) is 2.65. The normalized spacial score (nSPS) is 13.3. The number of carbonyl (C=O) groups is 1. The zero-order valence-electron chi connectivity index (χ0n) is 10.9. The smallest absolute Gasteiger partial charge is 0.265 e. The van der Waals surface area contributed by atoms with E-state index in [0.29, 0.717) is 15.7 Å². The van der Waals surface area contributed by atoms with Crippen molar-refractivity contribution in [3.63, 3.8) is 0 Å². The maximum absolute atomic E-state index is 13.4. The molecule has 20 heavy (non-hydrogen) atoms. The molecule has 0 fully saturated rings. The minimum absolute atomic E-state index is 0.119. The number of benzene rings is 1. The van der Waals surface area contributed by atoms with Gasteiger partial charge in [0.25, 0.3) is 5.91 Å². The van der Waals surface area contributed by atoms with Crippen LogP contribution in [-0.4, -0.2) is 5.91 Å². The van der Waals surface area contributed by atoms with Crippen LogP contribution in [0, 0.1) is 12.7 Å². The molecular weight excluding hydrogens is 341 g/mol. The molecule has 0 bridgehead atoms. The second kappa shape index (κ2) is 5.30. The zero-order chi connectivity index (χ0) is 14.3. The molecule has 1 N–H and O–H groups in total. The van der Waals surface area contributed by atoms with Gasteiger partial charge in [0.1, 0.15) is 5.82 Å². The zero-order valence-corrected chi connectivity index (χ0v) is 13.3. The van der Waals surface area contributed by atoms with Gasteiger partial charge in [0.15, 0.2) is 0 Å². The van der Waals surface area contributed by atoms with Gasteiger partial charge in [0.2, 0.25) is 0 Å². The highest BCUT2D eigenvalue weighted by Gasteiger charge is 2.19. The Hall–Kier alpha value is -1.20. The average Bonchev–Trinajstić information content (AvgIpc) is 2.96. The first-order chi connectivity index (χ1) is 9.54. The summed E-state index contributed by atoms with van der Waals surface area (Å²) in [4.78, 5) is 14.3. The number of carbonyl (C=O) groups excluding carboxylic acids is 1. The number of aryl methyl sites for hydroxylation is 3. The van der Waals surface area contributed by atoms with Crippen LogP contribution in [0.25, 0.3) is 0 Å². The number of halogens is 2. The second-order valence-electron chi connectivity index (χ2n) is 4.95. The van der Waals surface area contributed by atoms with Crippen molar-refractivity contribution < 1.29 is 9.18 Å². The number of hydrogen-bond donors (Lipinski definition) is 1. The van der Waals surface area contributed by atoms with Crippen LogP contribution in [0.15, 0.2) is 22.7 Å². The molecule has 1 amide bonds. The molecule has 1 aromatic carbocycles. The second-order valence-corrected chi connectivity index (χ2v) is 6.94. The summed E-state index contributed by atoms with van der Waals surface area (Å²) < 4.78 is 13.7. The molecule has 0 saturated carbocycles. The van der Waals surface area contributed by atoms with Crippen molar-refractivity contribution in [1.82, 2.24) is 0 Å². The van der Waals surface area contributed by atoms with E-state index >= 15 is 0 Å². The Bertz CT molecular complexity index is 674. The van der Waals surface area contributed by atoms with Gasteiger partial charge in [0, 0.05) is 10.6 Å². The number of fused-ring (bicyclic) bond motifs is 1. The van der Waals surface area contributed by atoms with Crippen LogP contribution in [0.3, 0.4) is 0 Å². The molecule has 5 heteroatoms. The highest BCUT2D eigenvalue weighted by atomic mass is 79.9. The topological polar surface area (TPSA) is 29.1 Å². The monoisotopic (exact) mass is 353 g/mol. The van der Waals surface area contributed by atoms with E-state index in [1.165, 1.54) is 22.9 Å². The third-order valence-corrected chi connectivity index (χ3v) is 5.33. The van der Waals surface area contributed by atoms with E-state index in [1.807, 2.05) is 6.07 Å². The van der Waals surface area contributed by atoms with E-state index in [9.17, 15) is 9.18 Å². The maximum Gasteiger partial charge on any atom is 0.265 e. The van der Waals surface area contributed by atoms with Crippen molar-refractivity contribution in [2.24, 2.45) is 0 Å². The summed E-state index contributed by atoms with van der Waals surface area (Å²) in [5, 5.41) is 2.86. The molecule has 0 spiro atoms. The first-order valence-electron chi connectivity index (χ1n) is 6.43. The molecular formula is C15H13BrFNOS. The molecule has 1 aromatic heterocycles. The largest absolute Gasteiger partial charge is 0.321 e. The lowest BCUT2D eigenvalue weighted by Gasteiger charge is -2.08. The van der Waals surface area contributed by atoms with E-state index in [0.717, 1.165) is 17.7 Å². The van der Waals surface area contributed by atoms with E-state index in [-0.39, 0.29) is 11.7 Å². The van der Waals surface area contributed by atoms with Crippen LogP contribution in [0.1, 0.15) is 32.1 Å². The molecule has 3 rings (SSSR count). The molecule has 2 nitrogen and oxygen atoms in total. The van der Waals surface area contributed by atoms with Crippen LogP contribution in [0.2, 0.25) is 0 Å². The molecule has 0 atom stereocenters. The number of anilines is 1. The molecule has 0 saturated heterocycles. The Morgan fingerprint density at radius 3 is 2.90 bits per heavy atom. The lowest BCUT2D eigenvalue weighted by molar-refractivity contribution is 0.103. The minimum Gasteiger partial charge on any atom is -0.321 e. The molecule has 2 aromatic rings. The van der Waals surface area contributed by atoms with Crippen LogP contribution < -0.4 is 5.32 Å². The van der Waals surface area contributed by atoms with Gasteiger partial charge in [-0.15, -0.1) is 11.3 Å². The molecule has 104 valence electrons. The average molecular weight is 354 g/mol. The predicted molar refractivity (Wildman–Crippen MR) is 83.1 cm³/mol. The minimum atomic E-state index is -0.324. The number of thiophene rings is 1. The van der Waals surface area contributed by atoms with E-state index < -0.39 is 0 Å². The highest BCUT2D eigenvalue weighted by Crippen LogP contribution is 2.31. The van der Waals surface area contributed by atoms with Crippen molar-refractivity contribution in [2.75, 3.05) is 5.32 Å². The fraction of sp³-hybridized carbons (Fsp3) is 0.267. The van der Waals surface area contributed by atoms with Crippen molar-refractivity contribution in [2.45, 2.75) is 26.2 Å². The predicted octanol–water partition coefficient (Wildman–Crippen LogP) is 4.70. The van der Waals surface area contributed by atoms with Crippen LogP contribution >= 0.6 is 27.3 Å². The summed E-state index contributed by atoms with van der Waals surface area (Å²) in [6, 6.07) is 4.99. The number of hydrogen-bond acceptors (Lipinski definition) is 2. The van der Waals surface area contributed by atoms with Crippen molar-refractivity contribution in [3.05, 3.63) is 49.4 Å².